The number of likely N-dealkylation sites (N-methyl/N-ethyl adjacent to an activating group) is 1. The van der Waals surface area contributed by atoms with Crippen molar-refractivity contribution in [1.29, 1.82) is 0 Å². The molecule has 136 valence electrons. The number of aromatic nitrogens is 2. The second-order valence-electron chi connectivity index (χ2n) is 6.54. The van der Waals surface area contributed by atoms with Gasteiger partial charge in [0, 0.05) is 52.1 Å². The van der Waals surface area contributed by atoms with Gasteiger partial charge in [-0.1, -0.05) is 13.8 Å². The van der Waals surface area contributed by atoms with E-state index >= 15 is 0 Å². The average molecular weight is 335 g/mol. The second kappa shape index (κ2) is 9.06. The molecule has 0 unspecified atom stereocenters. The maximum atomic E-state index is 5.72. The Balaban J connectivity index is 1.86. The predicted molar refractivity (Wildman–Crippen MR) is 98.3 cm³/mol. The minimum absolute atomic E-state index is 0.751. The Kier molecular flexibility index (Phi) is 7.09. The molecule has 2 rings (SSSR count). The Bertz CT molecular complexity index is 548. The molecular weight excluding hydrogens is 302 g/mol. The standard InChI is InChI=1S/C18H33N5O/c1-6-16-15(17(7-2)23(5)21-16)12-20-18(19-3)22(4)10-11-24-13-14-8-9-14/h14H,6-13H2,1-5H3,(H,19,20). The zero-order valence-corrected chi connectivity index (χ0v) is 15.9. The first-order chi connectivity index (χ1) is 11.6. The molecule has 0 spiro atoms. The maximum absolute atomic E-state index is 5.72. The molecule has 1 N–H and O–H groups in total. The van der Waals surface area contributed by atoms with Crippen LogP contribution in [0.2, 0.25) is 0 Å². The third-order valence-electron chi connectivity index (χ3n) is 4.65. The summed E-state index contributed by atoms with van der Waals surface area (Å²) in [6.45, 7) is 7.61. The number of rotatable bonds is 9. The molecule has 1 aromatic rings. The van der Waals surface area contributed by atoms with Gasteiger partial charge in [0.05, 0.1) is 12.3 Å². The van der Waals surface area contributed by atoms with Crippen LogP contribution in [0.3, 0.4) is 0 Å². The maximum Gasteiger partial charge on any atom is 0.193 e. The fourth-order valence-corrected chi connectivity index (χ4v) is 2.99. The van der Waals surface area contributed by atoms with Crippen molar-refractivity contribution in [3.8, 4) is 0 Å². The monoisotopic (exact) mass is 335 g/mol. The largest absolute Gasteiger partial charge is 0.379 e. The number of aryl methyl sites for hydroxylation is 2. The van der Waals surface area contributed by atoms with E-state index in [0.29, 0.717) is 0 Å². The Labute approximate surface area is 146 Å². The van der Waals surface area contributed by atoms with Gasteiger partial charge in [0.25, 0.3) is 0 Å². The van der Waals surface area contributed by atoms with E-state index in [1.165, 1.54) is 29.8 Å². The zero-order valence-electron chi connectivity index (χ0n) is 15.9. The van der Waals surface area contributed by atoms with Crippen LogP contribution in [0.4, 0.5) is 0 Å². The van der Waals surface area contributed by atoms with Crippen LogP contribution in [0.15, 0.2) is 4.99 Å². The number of nitrogens with zero attached hydrogens (tertiary/aromatic N) is 4. The fourth-order valence-electron chi connectivity index (χ4n) is 2.99. The summed E-state index contributed by atoms with van der Waals surface area (Å²) >= 11 is 0. The number of aliphatic imine (C=N–C) groups is 1. The van der Waals surface area contributed by atoms with Crippen molar-refractivity contribution < 1.29 is 4.74 Å². The van der Waals surface area contributed by atoms with Crippen LogP contribution in [-0.4, -0.2) is 54.5 Å². The molecule has 0 bridgehead atoms. The molecule has 0 saturated heterocycles. The van der Waals surface area contributed by atoms with Crippen molar-refractivity contribution in [2.24, 2.45) is 18.0 Å². The first-order valence-corrected chi connectivity index (χ1v) is 9.13. The minimum Gasteiger partial charge on any atom is -0.379 e. The third kappa shape index (κ3) is 4.97. The van der Waals surface area contributed by atoms with Gasteiger partial charge in [-0.05, 0) is 31.6 Å². The van der Waals surface area contributed by atoms with Crippen LogP contribution < -0.4 is 5.32 Å². The van der Waals surface area contributed by atoms with Crippen LogP contribution in [0.5, 0.6) is 0 Å². The van der Waals surface area contributed by atoms with Crippen molar-refractivity contribution in [2.45, 2.75) is 46.1 Å². The van der Waals surface area contributed by atoms with E-state index in [1.54, 1.807) is 0 Å². The quantitative estimate of drug-likeness (QED) is 0.426. The highest BCUT2D eigenvalue weighted by Crippen LogP contribution is 2.28. The molecule has 0 aromatic carbocycles. The lowest BCUT2D eigenvalue weighted by molar-refractivity contribution is 0.115. The molecule has 0 aliphatic heterocycles. The van der Waals surface area contributed by atoms with Crippen LogP contribution in [0.1, 0.15) is 43.6 Å². The average Bonchev–Trinajstić information content (AvgIpc) is 3.35. The zero-order chi connectivity index (χ0) is 17.5. The molecule has 0 amide bonds. The molecule has 6 nitrogen and oxygen atoms in total. The summed E-state index contributed by atoms with van der Waals surface area (Å²) in [6.07, 6.45) is 4.62. The normalized spacial score (nSPS) is 15.0. The van der Waals surface area contributed by atoms with Crippen LogP contribution in [-0.2, 0) is 31.2 Å². The van der Waals surface area contributed by atoms with Crippen molar-refractivity contribution >= 4 is 5.96 Å². The van der Waals surface area contributed by atoms with Crippen LogP contribution in [0, 0.1) is 5.92 Å². The lowest BCUT2D eigenvalue weighted by Gasteiger charge is -2.22. The van der Waals surface area contributed by atoms with E-state index in [0.717, 1.165) is 51.0 Å². The molecule has 1 saturated carbocycles. The van der Waals surface area contributed by atoms with Crippen molar-refractivity contribution in [3.63, 3.8) is 0 Å². The van der Waals surface area contributed by atoms with Crippen molar-refractivity contribution in [3.05, 3.63) is 17.0 Å². The summed E-state index contributed by atoms with van der Waals surface area (Å²) in [5.74, 6) is 1.72. The Hall–Kier alpha value is -1.56. The number of guanidine groups is 1. The first-order valence-electron chi connectivity index (χ1n) is 9.13. The summed E-state index contributed by atoms with van der Waals surface area (Å²) in [5.41, 5.74) is 3.78. The van der Waals surface area contributed by atoms with Gasteiger partial charge in [-0.25, -0.2) is 0 Å². The summed E-state index contributed by atoms with van der Waals surface area (Å²) in [6, 6.07) is 0. The SMILES string of the molecule is CCc1nn(C)c(CC)c1CNC(=NC)N(C)CCOCC1CC1. The second-order valence-corrected chi connectivity index (χ2v) is 6.54. The highest BCUT2D eigenvalue weighted by molar-refractivity contribution is 5.79. The molecule has 1 heterocycles. The molecule has 6 heteroatoms. The topological polar surface area (TPSA) is 54.7 Å². The van der Waals surface area contributed by atoms with Crippen molar-refractivity contribution in [2.75, 3.05) is 33.9 Å². The molecule has 0 atom stereocenters. The molecule has 1 aliphatic rings. The molecule has 1 aliphatic carbocycles. The molecule has 0 radical (unpaired) electrons. The van der Waals surface area contributed by atoms with E-state index in [-0.39, 0.29) is 0 Å². The van der Waals surface area contributed by atoms with E-state index in [2.05, 4.69) is 41.2 Å². The van der Waals surface area contributed by atoms with Crippen LogP contribution in [0.25, 0.3) is 0 Å². The summed E-state index contributed by atoms with van der Waals surface area (Å²) in [7, 11) is 5.91. The lowest BCUT2D eigenvalue weighted by Crippen LogP contribution is -2.40. The van der Waals surface area contributed by atoms with E-state index < -0.39 is 0 Å². The first kappa shape index (κ1) is 18.8. The van der Waals surface area contributed by atoms with E-state index in [9.17, 15) is 0 Å². The molecular formula is C18H33N5O. The summed E-state index contributed by atoms with van der Waals surface area (Å²) < 4.78 is 7.73. The third-order valence-corrected chi connectivity index (χ3v) is 4.65. The smallest absolute Gasteiger partial charge is 0.193 e. The van der Waals surface area contributed by atoms with E-state index in [1.807, 2.05) is 18.8 Å². The highest BCUT2D eigenvalue weighted by Gasteiger charge is 2.21. The molecule has 1 fully saturated rings. The van der Waals surface area contributed by atoms with Gasteiger partial charge in [-0.2, -0.15) is 5.10 Å². The Morgan fingerprint density at radius 2 is 2.12 bits per heavy atom. The molecule has 24 heavy (non-hydrogen) atoms. The summed E-state index contributed by atoms with van der Waals surface area (Å²) in [5, 5.41) is 8.11. The minimum atomic E-state index is 0.751. The Morgan fingerprint density at radius 1 is 1.38 bits per heavy atom. The van der Waals surface area contributed by atoms with Gasteiger partial charge in [0.2, 0.25) is 0 Å². The van der Waals surface area contributed by atoms with Gasteiger partial charge in [-0.3, -0.25) is 9.67 Å². The number of hydrogen-bond acceptors (Lipinski definition) is 3. The predicted octanol–water partition coefficient (Wildman–Crippen LogP) is 1.98. The Morgan fingerprint density at radius 3 is 2.71 bits per heavy atom. The molecule has 1 aromatic heterocycles. The highest BCUT2D eigenvalue weighted by atomic mass is 16.5. The van der Waals surface area contributed by atoms with Gasteiger partial charge < -0.3 is 15.0 Å². The van der Waals surface area contributed by atoms with E-state index in [4.69, 9.17) is 4.74 Å². The van der Waals surface area contributed by atoms with Gasteiger partial charge in [0.15, 0.2) is 5.96 Å². The number of hydrogen-bond donors (Lipinski definition) is 1. The fraction of sp³-hybridized carbons (Fsp3) is 0.778. The summed E-state index contributed by atoms with van der Waals surface area (Å²) in [4.78, 5) is 6.52. The van der Waals surface area contributed by atoms with Crippen LogP contribution >= 0.6 is 0 Å². The lowest BCUT2D eigenvalue weighted by atomic mass is 10.1. The van der Waals surface area contributed by atoms with Crippen molar-refractivity contribution in [1.82, 2.24) is 20.0 Å². The van der Waals surface area contributed by atoms with Gasteiger partial charge in [0.1, 0.15) is 0 Å². The van der Waals surface area contributed by atoms with Gasteiger partial charge in [-0.15, -0.1) is 0 Å². The van der Waals surface area contributed by atoms with Gasteiger partial charge >= 0.3 is 0 Å². The number of nitrogens with one attached hydrogen (secondary N) is 1. The number of ether oxygens (including phenoxy) is 1.